The van der Waals surface area contributed by atoms with Gasteiger partial charge in [0.1, 0.15) is 0 Å². The largest absolute Gasteiger partial charge is 0.345 e. The third kappa shape index (κ3) is 1.78. The molecule has 1 heterocycles. The van der Waals surface area contributed by atoms with E-state index in [0.29, 0.717) is 11.9 Å². The molecular formula is C9H18N2O. The summed E-state index contributed by atoms with van der Waals surface area (Å²) < 4.78 is 0. The maximum atomic E-state index is 11.6. The van der Waals surface area contributed by atoms with E-state index in [-0.39, 0.29) is 5.92 Å². The van der Waals surface area contributed by atoms with E-state index in [1.54, 1.807) is 0 Å². The molecule has 0 bridgehead atoms. The number of carbonyl (C=O) groups is 1. The molecule has 2 atom stereocenters. The van der Waals surface area contributed by atoms with Gasteiger partial charge in [0.2, 0.25) is 5.91 Å². The van der Waals surface area contributed by atoms with Gasteiger partial charge in [0.25, 0.3) is 0 Å². The molecule has 0 aromatic rings. The molecule has 1 fully saturated rings. The molecule has 0 spiro atoms. The van der Waals surface area contributed by atoms with Crippen LogP contribution < -0.4 is 5.32 Å². The van der Waals surface area contributed by atoms with Gasteiger partial charge in [-0.15, -0.1) is 0 Å². The fourth-order valence-electron chi connectivity index (χ4n) is 1.73. The SMILES string of the molecule is CNC(C)C1CCCN(C)C1=O. The van der Waals surface area contributed by atoms with Crippen molar-refractivity contribution in [3.8, 4) is 0 Å². The zero-order chi connectivity index (χ0) is 9.14. The Morgan fingerprint density at radius 2 is 2.33 bits per heavy atom. The maximum Gasteiger partial charge on any atom is 0.226 e. The summed E-state index contributed by atoms with van der Waals surface area (Å²) in [7, 11) is 3.80. The molecule has 1 N–H and O–H groups in total. The van der Waals surface area contributed by atoms with E-state index in [0.717, 1.165) is 19.4 Å². The van der Waals surface area contributed by atoms with E-state index < -0.39 is 0 Å². The highest BCUT2D eigenvalue weighted by molar-refractivity contribution is 5.79. The van der Waals surface area contributed by atoms with E-state index in [4.69, 9.17) is 0 Å². The van der Waals surface area contributed by atoms with Crippen molar-refractivity contribution in [2.75, 3.05) is 20.6 Å². The first-order valence-electron chi connectivity index (χ1n) is 4.59. The predicted octanol–water partition coefficient (Wildman–Crippen LogP) is 0.463. The fraction of sp³-hybridized carbons (Fsp3) is 0.889. The minimum absolute atomic E-state index is 0.189. The summed E-state index contributed by atoms with van der Waals surface area (Å²) in [4.78, 5) is 13.4. The van der Waals surface area contributed by atoms with Gasteiger partial charge >= 0.3 is 0 Å². The molecule has 1 amide bonds. The lowest BCUT2D eigenvalue weighted by atomic mass is 9.91. The number of hydrogen-bond acceptors (Lipinski definition) is 2. The number of nitrogens with zero attached hydrogens (tertiary/aromatic N) is 1. The second-order valence-corrected chi connectivity index (χ2v) is 3.59. The van der Waals surface area contributed by atoms with Crippen molar-refractivity contribution < 1.29 is 4.79 Å². The average Bonchev–Trinajstić information content (AvgIpc) is 2.08. The Kier molecular flexibility index (Phi) is 3.09. The molecule has 0 radical (unpaired) electrons. The van der Waals surface area contributed by atoms with Gasteiger partial charge in [-0.1, -0.05) is 0 Å². The topological polar surface area (TPSA) is 32.3 Å². The van der Waals surface area contributed by atoms with Crippen molar-refractivity contribution in [3.05, 3.63) is 0 Å². The van der Waals surface area contributed by atoms with Gasteiger partial charge < -0.3 is 10.2 Å². The van der Waals surface area contributed by atoms with Gasteiger partial charge in [-0.3, -0.25) is 4.79 Å². The summed E-state index contributed by atoms with van der Waals surface area (Å²) in [5.41, 5.74) is 0. The molecule has 0 aromatic carbocycles. The van der Waals surface area contributed by atoms with Crippen LogP contribution in [0.1, 0.15) is 19.8 Å². The van der Waals surface area contributed by atoms with Crippen LogP contribution in [0.15, 0.2) is 0 Å². The van der Waals surface area contributed by atoms with Crippen LogP contribution in [0.25, 0.3) is 0 Å². The first-order chi connectivity index (χ1) is 5.66. The Bertz CT molecular complexity index is 170. The number of likely N-dealkylation sites (tertiary alicyclic amines) is 1. The Morgan fingerprint density at radius 1 is 1.67 bits per heavy atom. The second kappa shape index (κ2) is 3.90. The monoisotopic (exact) mass is 170 g/mol. The van der Waals surface area contributed by atoms with E-state index >= 15 is 0 Å². The molecule has 1 aliphatic rings. The molecule has 12 heavy (non-hydrogen) atoms. The number of hydrogen-bond donors (Lipinski definition) is 1. The predicted molar refractivity (Wildman–Crippen MR) is 48.9 cm³/mol. The normalized spacial score (nSPS) is 27.4. The van der Waals surface area contributed by atoms with Crippen molar-refractivity contribution in [1.29, 1.82) is 0 Å². The van der Waals surface area contributed by atoms with E-state index in [1.165, 1.54) is 0 Å². The van der Waals surface area contributed by atoms with Crippen molar-refractivity contribution in [3.63, 3.8) is 0 Å². The summed E-state index contributed by atoms with van der Waals surface area (Å²) in [5, 5.41) is 3.14. The highest BCUT2D eigenvalue weighted by Gasteiger charge is 2.29. The zero-order valence-electron chi connectivity index (χ0n) is 8.13. The molecule has 3 nitrogen and oxygen atoms in total. The molecule has 0 saturated carbocycles. The fourth-order valence-corrected chi connectivity index (χ4v) is 1.73. The average molecular weight is 170 g/mol. The number of carbonyl (C=O) groups excluding carboxylic acids is 1. The highest BCUT2D eigenvalue weighted by atomic mass is 16.2. The van der Waals surface area contributed by atoms with E-state index in [2.05, 4.69) is 12.2 Å². The molecule has 1 rings (SSSR count). The smallest absolute Gasteiger partial charge is 0.226 e. The number of piperidine rings is 1. The summed E-state index contributed by atoms with van der Waals surface area (Å²) in [5.74, 6) is 0.483. The Balaban J connectivity index is 2.57. The zero-order valence-corrected chi connectivity index (χ0v) is 8.13. The summed E-state index contributed by atoms with van der Waals surface area (Å²) >= 11 is 0. The summed E-state index contributed by atoms with van der Waals surface area (Å²) in [6.45, 7) is 2.99. The van der Waals surface area contributed by atoms with Crippen LogP contribution in [0, 0.1) is 5.92 Å². The molecular weight excluding hydrogens is 152 g/mol. The quantitative estimate of drug-likeness (QED) is 0.653. The van der Waals surface area contributed by atoms with Gasteiger partial charge in [-0.2, -0.15) is 0 Å². The van der Waals surface area contributed by atoms with Crippen molar-refractivity contribution >= 4 is 5.91 Å². The van der Waals surface area contributed by atoms with E-state index in [1.807, 2.05) is 19.0 Å². The lowest BCUT2D eigenvalue weighted by Crippen LogP contribution is -2.46. The van der Waals surface area contributed by atoms with E-state index in [9.17, 15) is 4.79 Å². The minimum Gasteiger partial charge on any atom is -0.345 e. The van der Waals surface area contributed by atoms with Gasteiger partial charge in [0.05, 0.1) is 5.92 Å². The third-order valence-electron chi connectivity index (χ3n) is 2.76. The Hall–Kier alpha value is -0.570. The Labute approximate surface area is 74.1 Å². The van der Waals surface area contributed by atoms with Crippen LogP contribution in [-0.4, -0.2) is 37.5 Å². The van der Waals surface area contributed by atoms with Crippen LogP contribution in [0.3, 0.4) is 0 Å². The molecule has 0 aliphatic carbocycles. The first-order valence-corrected chi connectivity index (χ1v) is 4.59. The lowest BCUT2D eigenvalue weighted by Gasteiger charge is -2.32. The number of rotatable bonds is 2. The van der Waals surface area contributed by atoms with Gasteiger partial charge in [0.15, 0.2) is 0 Å². The minimum atomic E-state index is 0.189. The van der Waals surface area contributed by atoms with Crippen molar-refractivity contribution in [2.45, 2.75) is 25.8 Å². The molecule has 70 valence electrons. The lowest BCUT2D eigenvalue weighted by molar-refractivity contribution is -0.137. The molecule has 2 unspecified atom stereocenters. The number of nitrogens with one attached hydrogen (secondary N) is 1. The summed E-state index contributed by atoms with van der Waals surface area (Å²) in [6, 6.07) is 0.306. The second-order valence-electron chi connectivity index (χ2n) is 3.59. The third-order valence-corrected chi connectivity index (χ3v) is 2.76. The van der Waals surface area contributed by atoms with Gasteiger partial charge in [0, 0.05) is 19.6 Å². The van der Waals surface area contributed by atoms with Gasteiger partial charge in [-0.05, 0) is 26.8 Å². The van der Waals surface area contributed by atoms with Crippen LogP contribution >= 0.6 is 0 Å². The van der Waals surface area contributed by atoms with Crippen LogP contribution in [0.4, 0.5) is 0 Å². The van der Waals surface area contributed by atoms with Crippen LogP contribution in [0.5, 0.6) is 0 Å². The van der Waals surface area contributed by atoms with Gasteiger partial charge in [-0.25, -0.2) is 0 Å². The number of amides is 1. The standard InChI is InChI=1S/C9H18N2O/c1-7(10-2)8-5-4-6-11(3)9(8)12/h7-8,10H,4-6H2,1-3H3. The van der Waals surface area contributed by atoms with Crippen molar-refractivity contribution in [1.82, 2.24) is 10.2 Å². The first kappa shape index (κ1) is 9.52. The molecule has 0 aromatic heterocycles. The maximum absolute atomic E-state index is 11.6. The summed E-state index contributed by atoms with van der Waals surface area (Å²) in [6.07, 6.45) is 2.17. The molecule has 3 heteroatoms. The molecule has 1 saturated heterocycles. The highest BCUT2D eigenvalue weighted by Crippen LogP contribution is 2.19. The molecule has 1 aliphatic heterocycles. The van der Waals surface area contributed by atoms with Crippen molar-refractivity contribution in [2.24, 2.45) is 5.92 Å². The van der Waals surface area contributed by atoms with Crippen LogP contribution in [0.2, 0.25) is 0 Å². The Morgan fingerprint density at radius 3 is 2.92 bits per heavy atom. The van der Waals surface area contributed by atoms with Crippen LogP contribution in [-0.2, 0) is 4.79 Å².